The first kappa shape index (κ1) is 13.8. The van der Waals surface area contributed by atoms with Gasteiger partial charge in [0.25, 0.3) is 0 Å². The molecule has 1 aromatic carbocycles. The summed E-state index contributed by atoms with van der Waals surface area (Å²) in [5.74, 6) is 2.34. The lowest BCUT2D eigenvalue weighted by atomic mass is 10.0. The van der Waals surface area contributed by atoms with Gasteiger partial charge in [0.2, 0.25) is 0 Å². The van der Waals surface area contributed by atoms with Crippen molar-refractivity contribution >= 4 is 0 Å². The predicted molar refractivity (Wildman–Crippen MR) is 70.8 cm³/mol. The molecule has 0 aliphatic carbocycles. The summed E-state index contributed by atoms with van der Waals surface area (Å²) in [4.78, 5) is 0. The van der Waals surface area contributed by atoms with Crippen molar-refractivity contribution in [1.29, 1.82) is 0 Å². The van der Waals surface area contributed by atoms with E-state index in [2.05, 4.69) is 19.2 Å². The Kier molecular flexibility index (Phi) is 5.84. The van der Waals surface area contributed by atoms with Crippen molar-refractivity contribution in [2.75, 3.05) is 20.8 Å². The van der Waals surface area contributed by atoms with Gasteiger partial charge < -0.3 is 14.8 Å². The van der Waals surface area contributed by atoms with E-state index in [9.17, 15) is 0 Å². The Labute approximate surface area is 104 Å². The maximum Gasteiger partial charge on any atom is 0.119 e. The van der Waals surface area contributed by atoms with Gasteiger partial charge in [-0.15, -0.1) is 0 Å². The van der Waals surface area contributed by atoms with Gasteiger partial charge in [0.15, 0.2) is 0 Å². The topological polar surface area (TPSA) is 30.5 Å². The van der Waals surface area contributed by atoms with Crippen LogP contribution in [0, 0.1) is 5.92 Å². The summed E-state index contributed by atoms with van der Waals surface area (Å²) in [6.45, 7) is 5.12. The maximum atomic E-state index is 5.76. The summed E-state index contributed by atoms with van der Waals surface area (Å²) in [5.41, 5.74) is 0. The van der Waals surface area contributed by atoms with Gasteiger partial charge in [0, 0.05) is 6.04 Å². The summed E-state index contributed by atoms with van der Waals surface area (Å²) in [7, 11) is 3.64. The van der Waals surface area contributed by atoms with E-state index in [4.69, 9.17) is 9.47 Å². The number of benzene rings is 1. The van der Waals surface area contributed by atoms with Crippen molar-refractivity contribution in [3.8, 4) is 11.5 Å². The minimum Gasteiger partial charge on any atom is -0.497 e. The van der Waals surface area contributed by atoms with E-state index in [0.29, 0.717) is 18.6 Å². The molecule has 0 aliphatic rings. The zero-order valence-electron chi connectivity index (χ0n) is 11.2. The molecule has 0 heterocycles. The van der Waals surface area contributed by atoms with E-state index in [-0.39, 0.29) is 0 Å². The molecule has 0 saturated heterocycles. The third-order valence-electron chi connectivity index (χ3n) is 3.19. The van der Waals surface area contributed by atoms with E-state index >= 15 is 0 Å². The van der Waals surface area contributed by atoms with Gasteiger partial charge in [-0.1, -0.05) is 20.3 Å². The summed E-state index contributed by atoms with van der Waals surface area (Å²) >= 11 is 0. The average molecular weight is 237 g/mol. The smallest absolute Gasteiger partial charge is 0.119 e. The maximum absolute atomic E-state index is 5.76. The molecule has 1 aromatic rings. The van der Waals surface area contributed by atoms with Crippen molar-refractivity contribution in [3.05, 3.63) is 24.3 Å². The Balaban J connectivity index is 2.47. The second-order valence-electron chi connectivity index (χ2n) is 4.27. The second kappa shape index (κ2) is 7.17. The SMILES string of the molecule is CCC(C)C(COc1ccc(OC)cc1)NC. The third kappa shape index (κ3) is 4.27. The minimum atomic E-state index is 0.391. The molecular formula is C14H23NO2. The molecule has 0 saturated carbocycles. The van der Waals surface area contributed by atoms with Crippen LogP contribution < -0.4 is 14.8 Å². The van der Waals surface area contributed by atoms with Crippen LogP contribution in [-0.4, -0.2) is 26.8 Å². The van der Waals surface area contributed by atoms with Gasteiger partial charge in [-0.3, -0.25) is 0 Å². The molecule has 1 rings (SSSR count). The Morgan fingerprint density at radius 1 is 1.18 bits per heavy atom. The highest BCUT2D eigenvalue weighted by Gasteiger charge is 2.14. The van der Waals surface area contributed by atoms with Gasteiger partial charge in [0.1, 0.15) is 18.1 Å². The lowest BCUT2D eigenvalue weighted by molar-refractivity contribution is 0.228. The van der Waals surface area contributed by atoms with Crippen LogP contribution in [0.25, 0.3) is 0 Å². The summed E-state index contributed by atoms with van der Waals surface area (Å²) in [6, 6.07) is 8.08. The summed E-state index contributed by atoms with van der Waals surface area (Å²) in [6.07, 6.45) is 1.15. The molecule has 3 nitrogen and oxygen atoms in total. The molecule has 0 amide bonds. The first-order chi connectivity index (χ1) is 8.21. The minimum absolute atomic E-state index is 0.391. The molecule has 0 spiro atoms. The zero-order chi connectivity index (χ0) is 12.7. The highest BCUT2D eigenvalue weighted by Crippen LogP contribution is 2.18. The Bertz CT molecular complexity index is 311. The van der Waals surface area contributed by atoms with Crippen LogP contribution in [0.2, 0.25) is 0 Å². The van der Waals surface area contributed by atoms with E-state index < -0.39 is 0 Å². The molecule has 17 heavy (non-hydrogen) atoms. The number of nitrogens with one attached hydrogen (secondary N) is 1. The van der Waals surface area contributed by atoms with Crippen molar-refractivity contribution in [2.24, 2.45) is 5.92 Å². The van der Waals surface area contributed by atoms with Gasteiger partial charge in [-0.25, -0.2) is 0 Å². The molecule has 2 unspecified atom stereocenters. The fourth-order valence-electron chi connectivity index (χ4n) is 1.67. The number of methoxy groups -OCH3 is 1. The summed E-state index contributed by atoms with van der Waals surface area (Å²) in [5, 5.41) is 3.30. The largest absolute Gasteiger partial charge is 0.497 e. The molecule has 1 N–H and O–H groups in total. The second-order valence-corrected chi connectivity index (χ2v) is 4.27. The molecule has 0 aliphatic heterocycles. The Morgan fingerprint density at radius 2 is 1.76 bits per heavy atom. The van der Waals surface area contributed by atoms with Gasteiger partial charge in [-0.2, -0.15) is 0 Å². The fraction of sp³-hybridized carbons (Fsp3) is 0.571. The van der Waals surface area contributed by atoms with Gasteiger partial charge in [0.05, 0.1) is 7.11 Å². The highest BCUT2D eigenvalue weighted by atomic mass is 16.5. The van der Waals surface area contributed by atoms with Gasteiger partial charge in [-0.05, 0) is 37.2 Å². The average Bonchev–Trinajstić information content (AvgIpc) is 2.39. The van der Waals surface area contributed by atoms with Crippen LogP contribution in [0.15, 0.2) is 24.3 Å². The molecule has 3 heteroatoms. The quantitative estimate of drug-likeness (QED) is 0.791. The zero-order valence-corrected chi connectivity index (χ0v) is 11.2. The molecule has 2 atom stereocenters. The van der Waals surface area contributed by atoms with E-state index in [1.165, 1.54) is 0 Å². The molecule has 0 aromatic heterocycles. The lowest BCUT2D eigenvalue weighted by Gasteiger charge is -2.22. The molecule has 0 bridgehead atoms. The van der Waals surface area contributed by atoms with Crippen LogP contribution in [0.3, 0.4) is 0 Å². The van der Waals surface area contributed by atoms with Gasteiger partial charge >= 0.3 is 0 Å². The van der Waals surface area contributed by atoms with E-state index in [0.717, 1.165) is 17.9 Å². The van der Waals surface area contributed by atoms with Crippen LogP contribution in [0.1, 0.15) is 20.3 Å². The van der Waals surface area contributed by atoms with Crippen molar-refractivity contribution in [1.82, 2.24) is 5.32 Å². The number of likely N-dealkylation sites (N-methyl/N-ethyl adjacent to an activating group) is 1. The highest BCUT2D eigenvalue weighted by molar-refractivity contribution is 5.31. The van der Waals surface area contributed by atoms with Crippen molar-refractivity contribution < 1.29 is 9.47 Å². The van der Waals surface area contributed by atoms with Crippen LogP contribution in [-0.2, 0) is 0 Å². The number of hydrogen-bond donors (Lipinski definition) is 1. The molecule has 0 radical (unpaired) electrons. The number of rotatable bonds is 7. The standard InChI is InChI=1S/C14H23NO2/c1-5-11(2)14(15-3)10-17-13-8-6-12(16-4)7-9-13/h6-9,11,14-15H,5,10H2,1-4H3. The van der Waals surface area contributed by atoms with Crippen molar-refractivity contribution in [2.45, 2.75) is 26.3 Å². The van der Waals surface area contributed by atoms with E-state index in [1.54, 1.807) is 7.11 Å². The predicted octanol–water partition coefficient (Wildman–Crippen LogP) is 2.71. The van der Waals surface area contributed by atoms with Crippen molar-refractivity contribution in [3.63, 3.8) is 0 Å². The first-order valence-electron chi connectivity index (χ1n) is 6.15. The third-order valence-corrected chi connectivity index (χ3v) is 3.19. The summed E-state index contributed by atoms with van der Waals surface area (Å²) < 4.78 is 10.9. The van der Waals surface area contributed by atoms with Crippen LogP contribution >= 0.6 is 0 Å². The van der Waals surface area contributed by atoms with Crippen LogP contribution in [0.5, 0.6) is 11.5 Å². The Morgan fingerprint density at radius 3 is 2.24 bits per heavy atom. The first-order valence-corrected chi connectivity index (χ1v) is 6.15. The molecule has 0 fully saturated rings. The molecular weight excluding hydrogens is 214 g/mol. The number of hydrogen-bond acceptors (Lipinski definition) is 3. The molecule has 96 valence electrons. The van der Waals surface area contributed by atoms with E-state index in [1.807, 2.05) is 31.3 Å². The fourth-order valence-corrected chi connectivity index (χ4v) is 1.67. The Hall–Kier alpha value is -1.22. The van der Waals surface area contributed by atoms with Crippen LogP contribution in [0.4, 0.5) is 0 Å². The number of ether oxygens (including phenoxy) is 2. The normalized spacial score (nSPS) is 14.1. The monoisotopic (exact) mass is 237 g/mol. The lowest BCUT2D eigenvalue weighted by Crippen LogP contribution is -2.37.